The van der Waals surface area contributed by atoms with Gasteiger partial charge in [0.1, 0.15) is 23.1 Å². The maximum absolute atomic E-state index is 13.2. The van der Waals surface area contributed by atoms with E-state index >= 15 is 0 Å². The highest BCUT2D eigenvalue weighted by atomic mass is 32.2. The van der Waals surface area contributed by atoms with Crippen LogP contribution in [0.5, 0.6) is 0 Å². The first kappa shape index (κ1) is 17.8. The monoisotopic (exact) mass is 399 g/mol. The van der Waals surface area contributed by atoms with Gasteiger partial charge < -0.3 is 0 Å². The smallest absolute Gasteiger partial charge is 0.243 e. The largest absolute Gasteiger partial charge is 0.245 e. The van der Waals surface area contributed by atoms with Crippen LogP contribution in [0.25, 0.3) is 15.9 Å². The summed E-state index contributed by atoms with van der Waals surface area (Å²) in [6.45, 7) is 1.86. The number of sulfonamides is 1. The van der Waals surface area contributed by atoms with Gasteiger partial charge in [0.25, 0.3) is 0 Å². The summed E-state index contributed by atoms with van der Waals surface area (Å²) in [5, 5.41) is 4.09. The molecule has 0 unspecified atom stereocenters. The molecule has 0 saturated carbocycles. The Morgan fingerprint density at radius 2 is 1.93 bits per heavy atom. The zero-order chi connectivity index (χ0) is 19.0. The average molecular weight is 400 g/mol. The molecule has 2 aromatic carbocycles. The van der Waals surface area contributed by atoms with Crippen molar-refractivity contribution < 1.29 is 8.42 Å². The molecule has 138 valence electrons. The zero-order valence-corrected chi connectivity index (χ0v) is 16.4. The van der Waals surface area contributed by atoms with E-state index in [1.807, 2.05) is 37.3 Å². The molecule has 0 bridgehead atoms. The van der Waals surface area contributed by atoms with Crippen LogP contribution in [-0.2, 0) is 10.0 Å². The van der Waals surface area contributed by atoms with Crippen molar-refractivity contribution in [3.63, 3.8) is 0 Å². The van der Waals surface area contributed by atoms with Crippen molar-refractivity contribution in [3.05, 3.63) is 66.2 Å². The summed E-state index contributed by atoms with van der Waals surface area (Å²) in [6.07, 6.45) is 3.08. The van der Waals surface area contributed by atoms with E-state index < -0.39 is 10.0 Å². The van der Waals surface area contributed by atoms with Crippen LogP contribution in [-0.4, -0.2) is 39.5 Å². The second-order valence-electron chi connectivity index (χ2n) is 6.08. The molecular weight excluding hydrogens is 382 g/mol. The third-order valence-corrected chi connectivity index (χ3v) is 7.34. The summed E-state index contributed by atoms with van der Waals surface area (Å²) in [7, 11) is -2.09. The van der Waals surface area contributed by atoms with Crippen molar-refractivity contribution in [1.82, 2.24) is 24.1 Å². The number of para-hydroxylation sites is 1. The molecule has 0 aliphatic carbocycles. The zero-order valence-electron chi connectivity index (χ0n) is 14.7. The van der Waals surface area contributed by atoms with Crippen molar-refractivity contribution >= 4 is 31.6 Å². The Labute approximate surface area is 161 Å². The molecule has 2 heterocycles. The number of fused-ring (bicyclic) bond motifs is 1. The highest BCUT2D eigenvalue weighted by molar-refractivity contribution is 7.89. The lowest BCUT2D eigenvalue weighted by atomic mass is 10.1. The number of rotatable bonds is 5. The van der Waals surface area contributed by atoms with Crippen LogP contribution in [0.15, 0.2) is 65.5 Å². The van der Waals surface area contributed by atoms with Crippen molar-refractivity contribution in [3.8, 4) is 5.69 Å². The lowest BCUT2D eigenvalue weighted by molar-refractivity contribution is 0.399. The van der Waals surface area contributed by atoms with Crippen LogP contribution in [0.1, 0.15) is 18.5 Å². The number of benzene rings is 2. The molecule has 7 nitrogen and oxygen atoms in total. The molecule has 0 aliphatic rings. The first-order chi connectivity index (χ1) is 13.0. The van der Waals surface area contributed by atoms with E-state index in [0.29, 0.717) is 5.52 Å². The predicted octanol–water partition coefficient (Wildman–Crippen LogP) is 3.26. The van der Waals surface area contributed by atoms with Gasteiger partial charge in [-0.3, -0.25) is 0 Å². The highest BCUT2D eigenvalue weighted by Crippen LogP contribution is 2.31. The van der Waals surface area contributed by atoms with Gasteiger partial charge in [-0.1, -0.05) is 18.2 Å². The predicted molar refractivity (Wildman–Crippen MR) is 104 cm³/mol. The number of nitrogens with zero attached hydrogens (tertiary/aromatic N) is 5. The maximum Gasteiger partial charge on any atom is 0.245 e. The summed E-state index contributed by atoms with van der Waals surface area (Å²) in [5.74, 6) is 0. The number of thiazole rings is 1. The summed E-state index contributed by atoms with van der Waals surface area (Å²) in [6, 6.07) is 12.5. The van der Waals surface area contributed by atoms with Gasteiger partial charge in [0, 0.05) is 13.1 Å². The lowest BCUT2D eigenvalue weighted by Crippen LogP contribution is -2.30. The van der Waals surface area contributed by atoms with Crippen molar-refractivity contribution in [2.45, 2.75) is 17.9 Å². The van der Waals surface area contributed by atoms with E-state index in [-0.39, 0.29) is 10.9 Å². The number of hydrogen-bond acceptors (Lipinski definition) is 6. The van der Waals surface area contributed by atoms with Gasteiger partial charge in [0.15, 0.2) is 0 Å². The molecule has 0 aliphatic heterocycles. The summed E-state index contributed by atoms with van der Waals surface area (Å²) in [4.78, 5) is 8.40. The number of aromatic nitrogens is 4. The fourth-order valence-corrected chi connectivity index (χ4v) is 5.16. The maximum atomic E-state index is 13.2. The molecule has 0 spiro atoms. The highest BCUT2D eigenvalue weighted by Gasteiger charge is 2.28. The summed E-state index contributed by atoms with van der Waals surface area (Å²) >= 11 is 1.43. The fraction of sp³-hybridized carbons (Fsp3) is 0.167. The van der Waals surface area contributed by atoms with Crippen LogP contribution in [0, 0.1) is 0 Å². The van der Waals surface area contributed by atoms with E-state index in [1.165, 1.54) is 22.0 Å². The molecule has 0 radical (unpaired) electrons. The summed E-state index contributed by atoms with van der Waals surface area (Å²) < 4.78 is 30.2. The van der Waals surface area contributed by atoms with E-state index in [1.54, 1.807) is 35.7 Å². The van der Waals surface area contributed by atoms with Gasteiger partial charge in [-0.05, 0) is 36.8 Å². The molecule has 0 fully saturated rings. The first-order valence-electron chi connectivity index (χ1n) is 8.23. The van der Waals surface area contributed by atoms with Gasteiger partial charge in [-0.25, -0.2) is 23.1 Å². The van der Waals surface area contributed by atoms with Gasteiger partial charge >= 0.3 is 0 Å². The van der Waals surface area contributed by atoms with E-state index in [0.717, 1.165) is 16.0 Å². The molecule has 27 heavy (non-hydrogen) atoms. The molecule has 0 saturated heterocycles. The minimum atomic E-state index is -3.69. The minimum absolute atomic E-state index is 0.231. The molecular formula is C18H17N5O2S2. The Balaban J connectivity index is 1.65. The third-order valence-electron chi connectivity index (χ3n) is 4.58. The first-order valence-corrected chi connectivity index (χ1v) is 10.6. The third kappa shape index (κ3) is 3.14. The molecule has 0 amide bonds. The van der Waals surface area contributed by atoms with Gasteiger partial charge in [0.2, 0.25) is 10.0 Å². The Morgan fingerprint density at radius 3 is 2.63 bits per heavy atom. The number of hydrogen-bond donors (Lipinski definition) is 0. The van der Waals surface area contributed by atoms with Gasteiger partial charge in [-0.15, -0.1) is 11.3 Å². The normalized spacial score (nSPS) is 13.3. The molecule has 2 aromatic heterocycles. The molecule has 4 rings (SSSR count). The van der Waals surface area contributed by atoms with Crippen molar-refractivity contribution in [2.75, 3.05) is 7.05 Å². The van der Waals surface area contributed by atoms with Crippen molar-refractivity contribution in [1.29, 1.82) is 0 Å². The van der Waals surface area contributed by atoms with Gasteiger partial charge in [-0.2, -0.15) is 9.40 Å². The Morgan fingerprint density at radius 1 is 1.15 bits per heavy atom. The van der Waals surface area contributed by atoms with E-state index in [4.69, 9.17) is 0 Å². The Bertz CT molecular complexity index is 1170. The van der Waals surface area contributed by atoms with Crippen LogP contribution in [0.3, 0.4) is 0 Å². The molecule has 4 aromatic rings. The van der Waals surface area contributed by atoms with Gasteiger partial charge in [0.05, 0.1) is 15.9 Å². The molecule has 0 N–H and O–H groups in total. The van der Waals surface area contributed by atoms with Crippen molar-refractivity contribution in [2.24, 2.45) is 0 Å². The van der Waals surface area contributed by atoms with Crippen LogP contribution in [0.2, 0.25) is 0 Å². The van der Waals surface area contributed by atoms with Crippen LogP contribution >= 0.6 is 11.3 Å². The molecule has 1 atom stereocenters. The quantitative estimate of drug-likeness (QED) is 0.514. The van der Waals surface area contributed by atoms with Crippen LogP contribution < -0.4 is 0 Å². The van der Waals surface area contributed by atoms with E-state index in [9.17, 15) is 8.42 Å². The van der Waals surface area contributed by atoms with Crippen LogP contribution in [0.4, 0.5) is 0 Å². The Kier molecular flexibility index (Phi) is 4.50. The fourth-order valence-electron chi connectivity index (χ4n) is 2.89. The SMILES string of the molecule is C[C@@H](c1ccc(-n2cncn2)cc1)N(C)S(=O)(=O)c1cccc2scnc12. The summed E-state index contributed by atoms with van der Waals surface area (Å²) in [5.41, 5.74) is 3.93. The second-order valence-corrected chi connectivity index (χ2v) is 8.94. The average Bonchev–Trinajstić information content (AvgIpc) is 3.38. The topological polar surface area (TPSA) is 81.0 Å². The Hall–Kier alpha value is -2.62. The molecule has 9 heteroatoms. The minimum Gasteiger partial charge on any atom is -0.243 e. The van der Waals surface area contributed by atoms with E-state index in [2.05, 4.69) is 15.1 Å². The second kappa shape index (κ2) is 6.84. The standard InChI is InChI=1S/C18H17N5O2S2/c1-13(14-6-8-15(9-7-14)23-11-19-10-21-23)22(2)27(24,25)17-5-3-4-16-18(17)20-12-26-16/h3-13H,1-2H3/t13-/m0/s1. The lowest BCUT2D eigenvalue weighted by Gasteiger charge is -2.25.